The van der Waals surface area contributed by atoms with Crippen LogP contribution in [0.2, 0.25) is 0 Å². The monoisotopic (exact) mass is 955 g/mol. The fourth-order valence-electron chi connectivity index (χ4n) is 10.6. The van der Waals surface area contributed by atoms with Crippen LogP contribution in [0.4, 0.5) is 0 Å². The van der Waals surface area contributed by atoms with Gasteiger partial charge in [0.2, 0.25) is 11.6 Å². The van der Waals surface area contributed by atoms with E-state index in [4.69, 9.17) is 23.7 Å². The van der Waals surface area contributed by atoms with E-state index in [2.05, 4.69) is 5.32 Å². The number of methoxy groups -OCH3 is 3. The van der Waals surface area contributed by atoms with E-state index in [9.17, 15) is 39.0 Å². The molecule has 1 aliphatic carbocycles. The normalized spacial score (nSPS) is 37.8. The molecule has 1 saturated carbocycles. The Morgan fingerprint density at radius 2 is 1.60 bits per heavy atom. The highest BCUT2D eigenvalue weighted by molar-refractivity contribution is 6.39. The van der Waals surface area contributed by atoms with Gasteiger partial charge in [-0.2, -0.15) is 0 Å². The van der Waals surface area contributed by atoms with Gasteiger partial charge in [-0.15, -0.1) is 0 Å². The van der Waals surface area contributed by atoms with Crippen LogP contribution in [0.3, 0.4) is 0 Å². The number of Topliss-reactive ketones (excluding diaryl/α,β-unsaturated/α-hetero) is 3. The first-order valence-corrected chi connectivity index (χ1v) is 24.9. The van der Waals surface area contributed by atoms with Crippen LogP contribution in [0.1, 0.15) is 132 Å². The summed E-state index contributed by atoms with van der Waals surface area (Å²) in [5.74, 6) is -5.80. The zero-order valence-corrected chi connectivity index (χ0v) is 42.6. The summed E-state index contributed by atoms with van der Waals surface area (Å²) in [5.41, 5.74) is -0.742. The van der Waals surface area contributed by atoms with Crippen molar-refractivity contribution >= 4 is 35.1 Å². The van der Waals surface area contributed by atoms with Crippen LogP contribution in [-0.4, -0.2) is 133 Å². The molecule has 0 spiro atoms. The maximum Gasteiger partial charge on any atom is 0.329 e. The first-order chi connectivity index (χ1) is 32.2. The molecule has 3 aliphatic heterocycles. The molecular weight excluding hydrogens is 873 g/mol. The highest BCUT2D eigenvalue weighted by atomic mass is 16.6. The number of fused-ring (bicyclic) bond motifs is 3. The van der Waals surface area contributed by atoms with Gasteiger partial charge in [0.1, 0.15) is 30.1 Å². The minimum absolute atomic E-state index is 0.0102. The SMILES string of the molecule is CO[C@H]1C[C@@H]2CC[C@@H](C)[C@@](NC(C)=O)(O2)C(=O)C(=O)N2CCCCC2C(=O)O[C@H]([C@H](C)C[C@@H]2CC[C@@H](O)[C@H](OC)C2)CC(=O)[C@H](C)/C=C(\C)[C@@H](O)[C@@H](OC)C(=O)[C@H](C)C[C@H](C)/C=C/C=CC=C1C. The Hall–Kier alpha value is -3.86. The van der Waals surface area contributed by atoms with Gasteiger partial charge in [-0.3, -0.25) is 24.0 Å². The predicted molar refractivity (Wildman–Crippen MR) is 257 cm³/mol. The number of ketones is 3. The number of aliphatic hydroxyl groups excluding tert-OH is 2. The Morgan fingerprint density at radius 3 is 2.26 bits per heavy atom. The van der Waals surface area contributed by atoms with Gasteiger partial charge in [0, 0.05) is 65.4 Å². The third kappa shape index (κ3) is 14.8. The number of hydrogen-bond acceptors (Lipinski definition) is 13. The molecule has 68 heavy (non-hydrogen) atoms. The van der Waals surface area contributed by atoms with Gasteiger partial charge in [0.05, 0.1) is 24.4 Å². The van der Waals surface area contributed by atoms with Crippen LogP contribution >= 0.6 is 0 Å². The molecule has 2 saturated heterocycles. The highest BCUT2D eigenvalue weighted by Gasteiger charge is 2.55. The van der Waals surface area contributed by atoms with Crippen molar-refractivity contribution < 1.29 is 62.7 Å². The van der Waals surface area contributed by atoms with Crippen molar-refractivity contribution in [3.05, 3.63) is 47.6 Å². The number of rotatable bonds is 7. The van der Waals surface area contributed by atoms with Gasteiger partial charge in [-0.05, 0) is 107 Å². The smallest absolute Gasteiger partial charge is 0.329 e. The van der Waals surface area contributed by atoms with Gasteiger partial charge >= 0.3 is 5.97 Å². The first kappa shape index (κ1) is 56.7. The molecule has 3 heterocycles. The Bertz CT molecular complexity index is 1880. The van der Waals surface area contributed by atoms with Crippen LogP contribution in [0.25, 0.3) is 0 Å². The second kappa shape index (κ2) is 26.4. The maximum atomic E-state index is 14.8. The van der Waals surface area contributed by atoms with Crippen LogP contribution < -0.4 is 5.32 Å². The number of carbonyl (C=O) groups is 6. The summed E-state index contributed by atoms with van der Waals surface area (Å²) in [4.78, 5) is 86.0. The van der Waals surface area contributed by atoms with Gasteiger partial charge in [-0.25, -0.2) is 4.79 Å². The van der Waals surface area contributed by atoms with E-state index >= 15 is 0 Å². The van der Waals surface area contributed by atoms with Crippen molar-refractivity contribution in [1.82, 2.24) is 10.2 Å². The van der Waals surface area contributed by atoms with Crippen LogP contribution in [0, 0.1) is 35.5 Å². The molecule has 4 rings (SSSR count). The molecule has 0 aromatic carbocycles. The Kier molecular flexibility index (Phi) is 22.0. The number of allylic oxidation sites excluding steroid dienone is 6. The molecule has 15 heteroatoms. The minimum Gasteiger partial charge on any atom is -0.460 e. The molecule has 2 amide bonds. The maximum absolute atomic E-state index is 14.8. The molecule has 15 atom stereocenters. The number of hydrogen-bond donors (Lipinski definition) is 3. The van der Waals surface area contributed by atoms with Crippen molar-refractivity contribution in [1.29, 1.82) is 0 Å². The van der Waals surface area contributed by atoms with Crippen molar-refractivity contribution in [3.8, 4) is 0 Å². The molecule has 4 aliphatic rings. The molecule has 0 radical (unpaired) electrons. The summed E-state index contributed by atoms with van der Waals surface area (Å²) in [6.07, 6.45) is 11.2. The fraction of sp³-hybridized carbons (Fsp3) is 0.736. The lowest BCUT2D eigenvalue weighted by atomic mass is 9.78. The summed E-state index contributed by atoms with van der Waals surface area (Å²) in [7, 11) is 4.53. The van der Waals surface area contributed by atoms with Gasteiger partial charge in [0.25, 0.3) is 11.7 Å². The number of aliphatic hydroxyl groups is 2. The van der Waals surface area contributed by atoms with Gasteiger partial charge in [0.15, 0.2) is 5.78 Å². The lowest BCUT2D eigenvalue weighted by Crippen LogP contribution is -2.67. The van der Waals surface area contributed by atoms with E-state index in [0.717, 1.165) is 5.57 Å². The number of cyclic esters (lactones) is 1. The van der Waals surface area contributed by atoms with E-state index in [1.54, 1.807) is 41.1 Å². The van der Waals surface area contributed by atoms with Crippen molar-refractivity contribution in [3.63, 3.8) is 0 Å². The van der Waals surface area contributed by atoms with E-state index in [1.165, 1.54) is 18.9 Å². The molecule has 2 bridgehead atoms. The third-order valence-electron chi connectivity index (χ3n) is 14.9. The van der Waals surface area contributed by atoms with E-state index in [1.807, 2.05) is 58.1 Å². The number of esters is 1. The highest BCUT2D eigenvalue weighted by Crippen LogP contribution is 2.38. The fourth-order valence-corrected chi connectivity index (χ4v) is 10.6. The number of amides is 2. The number of ether oxygens (including phenoxy) is 5. The largest absolute Gasteiger partial charge is 0.460 e. The number of carbonyl (C=O) groups excluding carboxylic acids is 6. The summed E-state index contributed by atoms with van der Waals surface area (Å²) < 4.78 is 29.9. The molecular formula is C53H82N2O13. The Labute approximate surface area is 404 Å². The van der Waals surface area contributed by atoms with Crippen molar-refractivity contribution in [2.75, 3.05) is 27.9 Å². The van der Waals surface area contributed by atoms with Crippen LogP contribution in [0.15, 0.2) is 47.6 Å². The zero-order chi connectivity index (χ0) is 50.5. The van der Waals surface area contributed by atoms with Crippen molar-refractivity contribution in [2.24, 2.45) is 35.5 Å². The molecule has 382 valence electrons. The van der Waals surface area contributed by atoms with E-state index < -0.39 is 89.7 Å². The molecule has 0 aromatic rings. The lowest BCUT2D eigenvalue weighted by molar-refractivity contribution is -0.198. The van der Waals surface area contributed by atoms with Crippen LogP contribution in [0.5, 0.6) is 0 Å². The Morgan fingerprint density at radius 1 is 0.882 bits per heavy atom. The first-order valence-electron chi connectivity index (χ1n) is 24.9. The van der Waals surface area contributed by atoms with E-state index in [0.29, 0.717) is 69.8 Å². The summed E-state index contributed by atoms with van der Waals surface area (Å²) in [6, 6.07) is -1.15. The molecule has 1 unspecified atom stereocenters. The summed E-state index contributed by atoms with van der Waals surface area (Å²) in [5, 5.41) is 24.7. The quantitative estimate of drug-likeness (QED) is 0.145. The molecule has 3 N–H and O–H groups in total. The summed E-state index contributed by atoms with van der Waals surface area (Å²) in [6.45, 7) is 14.1. The number of nitrogens with zero attached hydrogens (tertiary/aromatic N) is 1. The summed E-state index contributed by atoms with van der Waals surface area (Å²) >= 11 is 0. The Balaban J connectivity index is 1.75. The number of nitrogens with one attached hydrogen (secondary N) is 1. The zero-order valence-electron chi connectivity index (χ0n) is 42.6. The molecule has 3 fully saturated rings. The topological polar surface area (TPSA) is 204 Å². The van der Waals surface area contributed by atoms with Crippen LogP contribution in [-0.2, 0) is 52.5 Å². The van der Waals surface area contributed by atoms with Gasteiger partial charge < -0.3 is 44.1 Å². The molecule has 15 nitrogen and oxygen atoms in total. The average Bonchev–Trinajstić information content (AvgIpc) is 3.30. The lowest BCUT2D eigenvalue weighted by Gasteiger charge is -2.46. The van der Waals surface area contributed by atoms with Crippen molar-refractivity contribution in [2.45, 2.75) is 187 Å². The second-order valence-corrected chi connectivity index (χ2v) is 20.3. The van der Waals surface area contributed by atoms with Gasteiger partial charge in [-0.1, -0.05) is 71.1 Å². The standard InChI is InChI=1S/C53H82N2O13/c1-31-17-13-12-14-18-32(2)44(64-9)29-40-22-20-37(7)53(68-40,54-38(8)56)50(61)51(62)55-24-16-15-19-41(55)52(63)67-45(34(4)27-39-21-23-42(57)46(28-39)65-10)30-43(58)33(3)26-36(6)48(60)49(66-11)47(59)35(5)25-31/h12-14,17-18,26,31,33-35,37,39-42,44-46,48-49,57,60H,15-16,19-25,27-30H2,1-11H3,(H,54,56)/b14-12?,17-13+,32-18?,36-26+/t31-,33-,34-,35-,37-,39+,40+,41?,42-,44+,45+,46-,48-,49+,53-/m1/s1. The third-order valence-corrected chi connectivity index (χ3v) is 14.9. The molecule has 0 aromatic heterocycles. The minimum atomic E-state index is -2.01. The van der Waals surface area contributed by atoms with E-state index in [-0.39, 0.29) is 54.8 Å². The predicted octanol–water partition coefficient (Wildman–Crippen LogP) is 6.32. The second-order valence-electron chi connectivity index (χ2n) is 20.3. The number of piperidine rings is 1. The average molecular weight is 955 g/mol.